The number of halogens is 1. The smallest absolute Gasteiger partial charge is 0.326 e. The molecule has 1 aromatic rings. The van der Waals surface area contributed by atoms with E-state index in [1.807, 2.05) is 0 Å². The van der Waals surface area contributed by atoms with Crippen molar-refractivity contribution in [3.63, 3.8) is 0 Å². The maximum atomic E-state index is 12.0. The average molecular weight is 285 g/mol. The normalized spacial score (nSPS) is 12.9. The summed E-state index contributed by atoms with van der Waals surface area (Å²) in [5.74, 6) is -1.63. The van der Waals surface area contributed by atoms with Crippen molar-refractivity contribution in [2.75, 3.05) is 0 Å². The van der Waals surface area contributed by atoms with Crippen molar-refractivity contribution in [3.05, 3.63) is 28.5 Å². The molecule has 104 valence electrons. The summed E-state index contributed by atoms with van der Waals surface area (Å²) in [6, 6.07) is 0.556. The number of nitrogens with zero attached hydrogens (tertiary/aromatic N) is 1. The Balaban J connectivity index is 2.98. The van der Waals surface area contributed by atoms with E-state index in [9.17, 15) is 9.59 Å². The zero-order chi connectivity index (χ0) is 14.8. The Bertz CT molecular complexity index is 509. The highest BCUT2D eigenvalue weighted by molar-refractivity contribution is 6.33. The second-order valence-corrected chi connectivity index (χ2v) is 5.82. The van der Waals surface area contributed by atoms with Crippen LogP contribution in [0.2, 0.25) is 5.02 Å². The number of pyridine rings is 1. The van der Waals surface area contributed by atoms with Gasteiger partial charge in [-0.3, -0.25) is 9.78 Å². The number of carbonyl (C=O) groups excluding carboxylic acids is 1. The zero-order valence-electron chi connectivity index (χ0n) is 11.3. The van der Waals surface area contributed by atoms with Crippen LogP contribution in [0.4, 0.5) is 0 Å². The molecule has 0 fully saturated rings. The van der Waals surface area contributed by atoms with Crippen molar-refractivity contribution in [1.29, 1.82) is 0 Å². The van der Waals surface area contributed by atoms with Gasteiger partial charge in [0.15, 0.2) is 0 Å². The Morgan fingerprint density at radius 1 is 1.42 bits per heavy atom. The number of rotatable bonds is 3. The highest BCUT2D eigenvalue weighted by Gasteiger charge is 2.33. The van der Waals surface area contributed by atoms with E-state index in [-0.39, 0.29) is 10.6 Å². The summed E-state index contributed by atoms with van der Waals surface area (Å²) < 4.78 is 0. The first kappa shape index (κ1) is 15.4. The lowest BCUT2D eigenvalue weighted by Crippen LogP contribution is -2.49. The molecule has 1 aromatic heterocycles. The third-order valence-electron chi connectivity index (χ3n) is 2.62. The lowest BCUT2D eigenvalue weighted by molar-refractivity contribution is -0.142. The van der Waals surface area contributed by atoms with Crippen LogP contribution in [0.1, 0.15) is 36.8 Å². The highest BCUT2D eigenvalue weighted by atomic mass is 35.5. The molecule has 0 aliphatic rings. The summed E-state index contributed by atoms with van der Waals surface area (Å²) >= 11 is 5.95. The lowest BCUT2D eigenvalue weighted by atomic mass is 9.86. The maximum absolute atomic E-state index is 12.0. The van der Waals surface area contributed by atoms with E-state index in [0.29, 0.717) is 5.69 Å². The molecule has 6 heteroatoms. The third kappa shape index (κ3) is 3.92. The van der Waals surface area contributed by atoms with Crippen molar-refractivity contribution < 1.29 is 14.7 Å². The topological polar surface area (TPSA) is 79.3 Å². The Morgan fingerprint density at radius 3 is 2.42 bits per heavy atom. The van der Waals surface area contributed by atoms with Gasteiger partial charge >= 0.3 is 5.97 Å². The van der Waals surface area contributed by atoms with Crippen molar-refractivity contribution >= 4 is 23.5 Å². The van der Waals surface area contributed by atoms with Crippen molar-refractivity contribution in [2.24, 2.45) is 5.41 Å². The third-order valence-corrected chi connectivity index (χ3v) is 2.94. The predicted octanol–water partition coefficient (Wildman–Crippen LogP) is 2.27. The number of aryl methyl sites for hydroxylation is 1. The van der Waals surface area contributed by atoms with Crippen LogP contribution in [0, 0.1) is 12.3 Å². The van der Waals surface area contributed by atoms with Gasteiger partial charge in [-0.15, -0.1) is 0 Å². The van der Waals surface area contributed by atoms with Gasteiger partial charge in [0, 0.05) is 11.9 Å². The van der Waals surface area contributed by atoms with E-state index < -0.39 is 23.3 Å². The molecule has 1 heterocycles. The summed E-state index contributed by atoms with van der Waals surface area (Å²) in [5.41, 5.74) is 0.251. The molecule has 0 bridgehead atoms. The van der Waals surface area contributed by atoms with Gasteiger partial charge in [0.25, 0.3) is 5.91 Å². The number of carboxylic acids is 1. The molecule has 0 saturated carbocycles. The Labute approximate surface area is 117 Å². The largest absolute Gasteiger partial charge is 0.480 e. The second kappa shape index (κ2) is 5.57. The summed E-state index contributed by atoms with van der Waals surface area (Å²) in [4.78, 5) is 27.2. The van der Waals surface area contributed by atoms with Crippen LogP contribution in [-0.4, -0.2) is 28.0 Å². The molecule has 1 rings (SSSR count). The van der Waals surface area contributed by atoms with Gasteiger partial charge < -0.3 is 10.4 Å². The van der Waals surface area contributed by atoms with Gasteiger partial charge in [-0.25, -0.2) is 4.79 Å². The molecule has 1 amide bonds. The van der Waals surface area contributed by atoms with Crippen LogP contribution in [-0.2, 0) is 4.79 Å². The van der Waals surface area contributed by atoms with E-state index in [1.54, 1.807) is 33.8 Å². The number of amides is 1. The summed E-state index contributed by atoms with van der Waals surface area (Å²) in [6.45, 7) is 6.96. The first-order valence-corrected chi connectivity index (χ1v) is 6.16. The zero-order valence-corrected chi connectivity index (χ0v) is 12.1. The van der Waals surface area contributed by atoms with Gasteiger partial charge in [-0.2, -0.15) is 0 Å². The van der Waals surface area contributed by atoms with E-state index in [0.717, 1.165) is 0 Å². The van der Waals surface area contributed by atoms with Crippen molar-refractivity contribution in [1.82, 2.24) is 10.3 Å². The molecule has 0 spiro atoms. The summed E-state index contributed by atoms with van der Waals surface area (Å²) in [6.07, 6.45) is 1.34. The van der Waals surface area contributed by atoms with Gasteiger partial charge in [0.1, 0.15) is 6.04 Å². The van der Waals surface area contributed by atoms with E-state index >= 15 is 0 Å². The number of carbonyl (C=O) groups is 2. The number of hydrogen-bond donors (Lipinski definition) is 2. The van der Waals surface area contributed by atoms with Gasteiger partial charge in [-0.1, -0.05) is 32.4 Å². The Morgan fingerprint density at radius 2 is 2.00 bits per heavy atom. The predicted molar refractivity (Wildman–Crippen MR) is 72.3 cm³/mol. The number of hydrogen-bond acceptors (Lipinski definition) is 3. The average Bonchev–Trinajstić information content (AvgIpc) is 2.23. The minimum absolute atomic E-state index is 0.169. The van der Waals surface area contributed by atoms with E-state index in [4.69, 9.17) is 16.7 Å². The fourth-order valence-electron chi connectivity index (χ4n) is 1.55. The minimum Gasteiger partial charge on any atom is -0.480 e. The molecule has 0 aromatic carbocycles. The number of aromatic nitrogens is 1. The quantitative estimate of drug-likeness (QED) is 0.892. The maximum Gasteiger partial charge on any atom is 0.326 e. The molecule has 0 radical (unpaired) electrons. The molecule has 1 atom stereocenters. The molecule has 0 saturated heterocycles. The molecular weight excluding hydrogens is 268 g/mol. The van der Waals surface area contributed by atoms with Crippen LogP contribution in [0.15, 0.2) is 12.3 Å². The summed E-state index contributed by atoms with van der Waals surface area (Å²) in [5, 5.41) is 11.9. The van der Waals surface area contributed by atoms with Crippen LogP contribution in [0.3, 0.4) is 0 Å². The Hall–Kier alpha value is -1.62. The standard InChI is InChI=1S/C13H17ClN2O3/c1-7-5-9(14)8(6-15-7)11(17)16-10(12(18)19)13(2,3)4/h5-6,10H,1-4H3,(H,16,17)(H,18,19). The number of nitrogens with one attached hydrogen (secondary N) is 1. The molecule has 0 aliphatic carbocycles. The first-order chi connectivity index (χ1) is 8.62. The van der Waals surface area contributed by atoms with Crippen LogP contribution < -0.4 is 5.32 Å². The van der Waals surface area contributed by atoms with Gasteiger partial charge in [-0.05, 0) is 18.4 Å². The fraction of sp³-hybridized carbons (Fsp3) is 0.462. The van der Waals surface area contributed by atoms with Crippen molar-refractivity contribution in [2.45, 2.75) is 33.7 Å². The fourth-order valence-corrected chi connectivity index (χ4v) is 1.84. The lowest BCUT2D eigenvalue weighted by Gasteiger charge is -2.27. The minimum atomic E-state index is -1.09. The monoisotopic (exact) mass is 284 g/mol. The first-order valence-electron chi connectivity index (χ1n) is 5.78. The number of carboxylic acid groups (broad SMARTS) is 1. The molecule has 1 unspecified atom stereocenters. The molecule has 19 heavy (non-hydrogen) atoms. The van der Waals surface area contributed by atoms with E-state index in [2.05, 4.69) is 10.3 Å². The van der Waals surface area contributed by atoms with Crippen molar-refractivity contribution in [3.8, 4) is 0 Å². The van der Waals surface area contributed by atoms with Gasteiger partial charge in [0.2, 0.25) is 0 Å². The van der Waals surface area contributed by atoms with Crippen LogP contribution >= 0.6 is 11.6 Å². The second-order valence-electron chi connectivity index (χ2n) is 5.42. The molecular formula is C13H17ClN2O3. The van der Waals surface area contributed by atoms with E-state index in [1.165, 1.54) is 6.20 Å². The molecule has 5 nitrogen and oxygen atoms in total. The summed E-state index contributed by atoms with van der Waals surface area (Å²) in [7, 11) is 0. The SMILES string of the molecule is Cc1cc(Cl)c(C(=O)NC(C(=O)O)C(C)(C)C)cn1. The van der Waals surface area contributed by atoms with Crippen LogP contribution in [0.25, 0.3) is 0 Å². The number of aliphatic carboxylic acids is 1. The highest BCUT2D eigenvalue weighted by Crippen LogP contribution is 2.21. The Kier molecular flexibility index (Phi) is 4.52. The van der Waals surface area contributed by atoms with Crippen LogP contribution in [0.5, 0.6) is 0 Å². The molecule has 2 N–H and O–H groups in total. The molecule has 0 aliphatic heterocycles. The van der Waals surface area contributed by atoms with Gasteiger partial charge in [0.05, 0.1) is 10.6 Å².